The quantitative estimate of drug-likeness (QED) is 0.540. The van der Waals surface area contributed by atoms with Gasteiger partial charge in [0.2, 0.25) is 0 Å². The second kappa shape index (κ2) is 8.08. The van der Waals surface area contributed by atoms with E-state index in [-0.39, 0.29) is 17.0 Å². The Morgan fingerprint density at radius 1 is 0.967 bits per heavy atom. The number of hydrogen-bond donors (Lipinski definition) is 1. The van der Waals surface area contributed by atoms with Gasteiger partial charge in [-0.05, 0) is 41.5 Å². The van der Waals surface area contributed by atoms with Gasteiger partial charge >= 0.3 is 0 Å². The van der Waals surface area contributed by atoms with E-state index in [2.05, 4.69) is 44.0 Å². The van der Waals surface area contributed by atoms with Crippen LogP contribution in [0.3, 0.4) is 0 Å². The molecule has 4 rings (SSSR count). The van der Waals surface area contributed by atoms with Crippen molar-refractivity contribution in [2.45, 2.75) is 5.92 Å². The maximum absolute atomic E-state index is 13.1. The first-order valence-corrected chi connectivity index (χ1v) is 11.1. The van der Waals surface area contributed by atoms with Gasteiger partial charge in [0.05, 0.1) is 33.7 Å². The lowest BCUT2D eigenvalue weighted by Gasteiger charge is -2.22. The summed E-state index contributed by atoms with van der Waals surface area (Å²) < 4.78 is 3.99. The lowest BCUT2D eigenvalue weighted by atomic mass is 9.84. The van der Waals surface area contributed by atoms with Crippen LogP contribution in [0.2, 0.25) is 0 Å². The van der Waals surface area contributed by atoms with Gasteiger partial charge in [0.1, 0.15) is 10.5 Å². The Hall–Kier alpha value is -2.91. The van der Waals surface area contributed by atoms with Crippen LogP contribution in [-0.4, -0.2) is 4.57 Å². The van der Waals surface area contributed by atoms with Gasteiger partial charge in [-0.15, -0.1) is 11.3 Å². The molecule has 0 saturated heterocycles. The van der Waals surface area contributed by atoms with Gasteiger partial charge < -0.3 is 5.73 Å². The molecule has 0 unspecified atom stereocenters. The number of allylic oxidation sites excluding steroid dienone is 1. The van der Waals surface area contributed by atoms with Gasteiger partial charge in [0, 0.05) is 8.95 Å². The van der Waals surface area contributed by atoms with Gasteiger partial charge in [-0.1, -0.05) is 56.1 Å². The zero-order chi connectivity index (χ0) is 21.4. The SMILES string of the molecule is N#CC1=C(N)n2c(s/c(=C/c3ccc(Br)cc3)c2=O)=C(C#N)[C@H]1c1ccc(Br)cc1. The van der Waals surface area contributed by atoms with Crippen LogP contribution in [-0.2, 0) is 0 Å². The third-order valence-corrected chi connectivity index (χ3v) is 6.93. The van der Waals surface area contributed by atoms with Gasteiger partial charge in [0.15, 0.2) is 0 Å². The molecule has 0 bridgehead atoms. The number of nitrogens with two attached hydrogens (primary N) is 1. The Labute approximate surface area is 192 Å². The largest absolute Gasteiger partial charge is 0.384 e. The first kappa shape index (κ1) is 20.4. The summed E-state index contributed by atoms with van der Waals surface area (Å²) in [6.45, 7) is 0. The second-order valence-electron chi connectivity index (χ2n) is 6.53. The van der Waals surface area contributed by atoms with Gasteiger partial charge in [-0.2, -0.15) is 10.5 Å². The van der Waals surface area contributed by atoms with Crippen molar-refractivity contribution in [3.8, 4) is 12.1 Å². The highest BCUT2D eigenvalue weighted by molar-refractivity contribution is 9.10. The van der Waals surface area contributed by atoms with Crippen LogP contribution >= 0.6 is 43.2 Å². The van der Waals surface area contributed by atoms with Crippen molar-refractivity contribution in [2.24, 2.45) is 5.73 Å². The van der Waals surface area contributed by atoms with Crippen LogP contribution < -0.4 is 20.5 Å². The monoisotopic (exact) mass is 538 g/mol. The van der Waals surface area contributed by atoms with E-state index in [9.17, 15) is 15.3 Å². The minimum absolute atomic E-state index is 0.0659. The molecule has 0 fully saturated rings. The molecule has 0 saturated carbocycles. The molecule has 30 heavy (non-hydrogen) atoms. The molecule has 2 heterocycles. The molecule has 2 N–H and O–H groups in total. The van der Waals surface area contributed by atoms with Crippen molar-refractivity contribution in [1.29, 1.82) is 10.5 Å². The van der Waals surface area contributed by atoms with Crippen molar-refractivity contribution in [1.82, 2.24) is 4.57 Å². The van der Waals surface area contributed by atoms with Crippen molar-refractivity contribution in [3.63, 3.8) is 0 Å². The van der Waals surface area contributed by atoms with E-state index in [1.807, 2.05) is 48.5 Å². The van der Waals surface area contributed by atoms with Gasteiger partial charge in [-0.25, -0.2) is 0 Å². The molecule has 8 heteroatoms. The van der Waals surface area contributed by atoms with Crippen LogP contribution in [0.1, 0.15) is 17.0 Å². The van der Waals surface area contributed by atoms with Gasteiger partial charge in [0.25, 0.3) is 5.56 Å². The van der Waals surface area contributed by atoms with Crippen LogP contribution in [0.15, 0.2) is 67.8 Å². The summed E-state index contributed by atoms with van der Waals surface area (Å²) in [5.74, 6) is -0.553. The number of aromatic nitrogens is 1. The predicted octanol–water partition coefficient (Wildman–Crippen LogP) is 3.39. The summed E-state index contributed by atoms with van der Waals surface area (Å²) in [5.41, 5.74) is 8.07. The summed E-state index contributed by atoms with van der Waals surface area (Å²) >= 11 is 7.99. The molecular formula is C22H12Br2N4OS. The maximum Gasteiger partial charge on any atom is 0.274 e. The molecule has 1 atom stereocenters. The number of thiazole rings is 1. The Kier molecular flexibility index (Phi) is 5.48. The summed E-state index contributed by atoms with van der Waals surface area (Å²) in [7, 11) is 0. The molecule has 3 aromatic rings. The van der Waals surface area contributed by atoms with E-state index >= 15 is 0 Å². The smallest absolute Gasteiger partial charge is 0.274 e. The molecule has 0 amide bonds. The van der Waals surface area contributed by atoms with Crippen LogP contribution in [0.5, 0.6) is 0 Å². The standard InChI is InChI=1S/C22H12Br2N4OS/c23-14-5-1-12(2-6-14)9-18-21(29)28-20(27)16(10-25)19(17(11-26)22(28)30-18)13-3-7-15(24)8-4-13/h1-9,19H,27H2/b18-9+/t19-/m0/s1. The minimum atomic E-state index is -0.619. The van der Waals surface area contributed by atoms with Crippen LogP contribution in [0.4, 0.5) is 0 Å². The Morgan fingerprint density at radius 2 is 1.53 bits per heavy atom. The summed E-state index contributed by atoms with van der Waals surface area (Å²) in [5, 5.41) is 19.8. The number of nitrogens with zero attached hydrogens (tertiary/aromatic N) is 3. The molecule has 1 aliphatic heterocycles. The van der Waals surface area contributed by atoms with Crippen LogP contribution in [0, 0.1) is 22.7 Å². The summed E-state index contributed by atoms with van der Waals surface area (Å²) in [4.78, 5) is 13.1. The summed E-state index contributed by atoms with van der Waals surface area (Å²) in [6, 6.07) is 19.2. The minimum Gasteiger partial charge on any atom is -0.384 e. The molecule has 146 valence electrons. The Bertz CT molecular complexity index is 1450. The Balaban J connectivity index is 2.04. The van der Waals surface area contributed by atoms with E-state index in [1.54, 1.807) is 6.08 Å². The van der Waals surface area contributed by atoms with Gasteiger partial charge in [-0.3, -0.25) is 9.36 Å². The number of nitriles is 2. The predicted molar refractivity (Wildman–Crippen MR) is 124 cm³/mol. The highest BCUT2D eigenvalue weighted by atomic mass is 79.9. The normalized spacial score (nSPS) is 16.2. The molecule has 0 radical (unpaired) electrons. The highest BCUT2D eigenvalue weighted by Crippen LogP contribution is 2.35. The Morgan fingerprint density at radius 3 is 2.10 bits per heavy atom. The number of benzene rings is 2. The number of rotatable bonds is 2. The topological polar surface area (TPSA) is 95.6 Å². The molecule has 0 spiro atoms. The number of hydrogen-bond acceptors (Lipinski definition) is 5. The molecular weight excluding hydrogens is 528 g/mol. The molecule has 0 aliphatic carbocycles. The number of halogens is 2. The molecule has 1 aromatic heterocycles. The zero-order valence-electron chi connectivity index (χ0n) is 15.3. The first-order chi connectivity index (χ1) is 14.4. The van der Waals surface area contributed by atoms with Crippen molar-refractivity contribution in [2.75, 3.05) is 0 Å². The lowest BCUT2D eigenvalue weighted by molar-refractivity contribution is 0.906. The van der Waals surface area contributed by atoms with E-state index in [0.29, 0.717) is 14.8 Å². The summed E-state index contributed by atoms with van der Waals surface area (Å²) in [6.07, 6.45) is 1.76. The molecule has 2 aromatic carbocycles. The first-order valence-electron chi connectivity index (χ1n) is 8.73. The third kappa shape index (κ3) is 3.44. The van der Waals surface area contributed by atoms with E-state index in [4.69, 9.17) is 5.73 Å². The van der Waals surface area contributed by atoms with Crippen LogP contribution in [0.25, 0.3) is 17.5 Å². The lowest BCUT2D eigenvalue weighted by Crippen LogP contribution is -2.38. The van der Waals surface area contributed by atoms with Crippen molar-refractivity contribution < 1.29 is 0 Å². The fraction of sp³-hybridized carbons (Fsp3) is 0.0455. The van der Waals surface area contributed by atoms with E-state index < -0.39 is 5.92 Å². The zero-order valence-corrected chi connectivity index (χ0v) is 19.3. The highest BCUT2D eigenvalue weighted by Gasteiger charge is 2.32. The fourth-order valence-corrected chi connectivity index (χ4v) is 5.01. The van der Waals surface area contributed by atoms with Crippen molar-refractivity contribution in [3.05, 3.63) is 93.7 Å². The molecule has 1 aliphatic rings. The fourth-order valence-electron chi connectivity index (χ4n) is 3.35. The van der Waals surface area contributed by atoms with E-state index in [0.717, 1.165) is 20.1 Å². The number of fused-ring (bicyclic) bond motifs is 1. The second-order valence-corrected chi connectivity index (χ2v) is 9.39. The average molecular weight is 540 g/mol. The average Bonchev–Trinajstić information content (AvgIpc) is 3.06. The van der Waals surface area contributed by atoms with Crippen molar-refractivity contribution >= 4 is 60.7 Å². The maximum atomic E-state index is 13.1. The third-order valence-electron chi connectivity index (χ3n) is 4.76. The molecule has 5 nitrogen and oxygen atoms in total. The van der Waals surface area contributed by atoms with E-state index in [1.165, 1.54) is 15.9 Å².